The summed E-state index contributed by atoms with van der Waals surface area (Å²) in [4.78, 5) is 8.15. The Morgan fingerprint density at radius 1 is 1.07 bits per heavy atom. The Kier molecular flexibility index (Phi) is 4.01. The fraction of sp³-hybridized carbons (Fsp3) is 0.348. The summed E-state index contributed by atoms with van der Waals surface area (Å²) >= 11 is 0. The number of rotatable bonds is 3. The number of benzene rings is 1. The highest BCUT2D eigenvalue weighted by atomic mass is 15.0. The predicted molar refractivity (Wildman–Crippen MR) is 111 cm³/mol. The van der Waals surface area contributed by atoms with Gasteiger partial charge in [0.1, 0.15) is 5.65 Å². The van der Waals surface area contributed by atoms with Crippen LogP contribution in [0.4, 0.5) is 0 Å². The number of hydrogen-bond donors (Lipinski definition) is 2. The molecule has 0 bridgehead atoms. The summed E-state index contributed by atoms with van der Waals surface area (Å²) in [5, 5.41) is 4.85. The molecule has 0 unspecified atom stereocenters. The number of H-pyrrole nitrogens is 1. The van der Waals surface area contributed by atoms with Crippen LogP contribution in [0.2, 0.25) is 0 Å². The summed E-state index contributed by atoms with van der Waals surface area (Å²) in [6.07, 6.45) is 8.39. The molecule has 3 aromatic heterocycles. The maximum Gasteiger partial charge on any atom is 0.137 e. The largest absolute Gasteiger partial charge is 0.354 e. The Morgan fingerprint density at radius 2 is 1.93 bits per heavy atom. The van der Waals surface area contributed by atoms with Crippen LogP contribution in [-0.2, 0) is 0 Å². The lowest BCUT2D eigenvalue weighted by atomic mass is 9.88. The van der Waals surface area contributed by atoms with Gasteiger partial charge in [-0.1, -0.05) is 19.9 Å². The van der Waals surface area contributed by atoms with Crippen molar-refractivity contribution in [3.8, 4) is 11.3 Å². The minimum absolute atomic E-state index is 0.452. The second kappa shape index (κ2) is 6.54. The van der Waals surface area contributed by atoms with E-state index in [9.17, 15) is 0 Å². The lowest BCUT2D eigenvalue weighted by molar-refractivity contribution is 0.460. The highest BCUT2D eigenvalue weighted by Crippen LogP contribution is 2.38. The second-order valence-electron chi connectivity index (χ2n) is 8.01. The van der Waals surface area contributed by atoms with Gasteiger partial charge < -0.3 is 14.7 Å². The molecule has 5 rings (SSSR count). The average Bonchev–Trinajstić information content (AvgIpc) is 3.31. The fourth-order valence-corrected chi connectivity index (χ4v) is 4.53. The molecule has 2 N–H and O–H groups in total. The van der Waals surface area contributed by atoms with Gasteiger partial charge in [0, 0.05) is 35.1 Å². The van der Waals surface area contributed by atoms with E-state index in [1.54, 1.807) is 0 Å². The van der Waals surface area contributed by atoms with Crippen molar-refractivity contribution in [2.24, 2.45) is 0 Å². The zero-order valence-corrected chi connectivity index (χ0v) is 16.0. The lowest BCUT2D eigenvalue weighted by Gasteiger charge is -2.23. The standard InChI is InChI=1S/C23H26N4/c1-15(2)22-19-13-17(16-5-8-24-9-6-16)3-4-20(19)26-23(22)18-7-11-27-12-10-25-21(27)14-18/h3-4,7,10-16,24,26H,5-6,8-9H2,1-2H3. The Labute approximate surface area is 159 Å². The van der Waals surface area contributed by atoms with Gasteiger partial charge in [-0.2, -0.15) is 0 Å². The van der Waals surface area contributed by atoms with Crippen molar-refractivity contribution in [2.75, 3.05) is 13.1 Å². The van der Waals surface area contributed by atoms with Gasteiger partial charge in [-0.15, -0.1) is 0 Å². The number of aromatic amines is 1. The maximum absolute atomic E-state index is 4.45. The van der Waals surface area contributed by atoms with Crippen LogP contribution in [0, 0.1) is 0 Å². The lowest BCUT2D eigenvalue weighted by Crippen LogP contribution is -2.26. The van der Waals surface area contributed by atoms with Crippen LogP contribution in [0.25, 0.3) is 27.8 Å². The number of fused-ring (bicyclic) bond motifs is 2. The molecule has 4 heteroatoms. The van der Waals surface area contributed by atoms with Crippen molar-refractivity contribution in [3.63, 3.8) is 0 Å². The fourth-order valence-electron chi connectivity index (χ4n) is 4.53. The van der Waals surface area contributed by atoms with Gasteiger partial charge in [0.15, 0.2) is 0 Å². The molecule has 1 aliphatic rings. The maximum atomic E-state index is 4.45. The van der Waals surface area contributed by atoms with Gasteiger partial charge in [0.2, 0.25) is 0 Å². The normalized spacial score (nSPS) is 16.0. The van der Waals surface area contributed by atoms with Crippen molar-refractivity contribution < 1.29 is 0 Å². The van der Waals surface area contributed by atoms with Crippen molar-refractivity contribution in [2.45, 2.75) is 38.5 Å². The Morgan fingerprint density at radius 3 is 2.74 bits per heavy atom. The summed E-state index contributed by atoms with van der Waals surface area (Å²) in [5.74, 6) is 1.13. The summed E-state index contributed by atoms with van der Waals surface area (Å²) in [7, 11) is 0. The predicted octanol–water partition coefficient (Wildman–Crippen LogP) is 5.07. The van der Waals surface area contributed by atoms with E-state index in [1.807, 2.05) is 12.4 Å². The topological polar surface area (TPSA) is 45.1 Å². The quantitative estimate of drug-likeness (QED) is 0.537. The molecule has 0 aliphatic carbocycles. The summed E-state index contributed by atoms with van der Waals surface area (Å²) in [6.45, 7) is 6.83. The molecule has 1 fully saturated rings. The third kappa shape index (κ3) is 2.85. The zero-order valence-electron chi connectivity index (χ0n) is 16.0. The van der Waals surface area contributed by atoms with Crippen molar-refractivity contribution in [1.29, 1.82) is 0 Å². The molecule has 0 spiro atoms. The summed E-state index contributed by atoms with van der Waals surface area (Å²) < 4.78 is 2.05. The van der Waals surface area contributed by atoms with Gasteiger partial charge in [0.05, 0.1) is 5.69 Å². The first-order chi connectivity index (χ1) is 13.2. The number of pyridine rings is 1. The number of piperidine rings is 1. The first-order valence-corrected chi connectivity index (χ1v) is 10.00. The van der Waals surface area contributed by atoms with Crippen molar-refractivity contribution >= 4 is 16.6 Å². The van der Waals surface area contributed by atoms with Gasteiger partial charge in [0.25, 0.3) is 0 Å². The summed E-state index contributed by atoms with van der Waals surface area (Å²) in [6, 6.07) is 11.4. The van der Waals surface area contributed by atoms with Crippen LogP contribution in [0.15, 0.2) is 48.9 Å². The molecule has 0 atom stereocenters. The minimum atomic E-state index is 0.452. The van der Waals surface area contributed by atoms with Crippen LogP contribution in [0.1, 0.15) is 49.7 Å². The average molecular weight is 358 g/mol. The Hall–Kier alpha value is -2.59. The second-order valence-corrected chi connectivity index (χ2v) is 8.01. The van der Waals surface area contributed by atoms with E-state index >= 15 is 0 Å². The zero-order chi connectivity index (χ0) is 18.4. The van der Waals surface area contributed by atoms with Crippen LogP contribution < -0.4 is 5.32 Å². The molecule has 138 valence electrons. The monoisotopic (exact) mass is 358 g/mol. The molecular weight excluding hydrogens is 332 g/mol. The van der Waals surface area contributed by atoms with Crippen molar-refractivity contribution in [3.05, 3.63) is 60.0 Å². The molecule has 4 heterocycles. The van der Waals surface area contributed by atoms with E-state index in [0.717, 1.165) is 18.7 Å². The molecule has 1 aromatic carbocycles. The third-order valence-electron chi connectivity index (χ3n) is 5.94. The number of nitrogens with zero attached hydrogens (tertiary/aromatic N) is 2. The molecular formula is C23H26N4. The Bertz CT molecular complexity index is 1100. The number of hydrogen-bond acceptors (Lipinski definition) is 2. The van der Waals surface area contributed by atoms with Crippen molar-refractivity contribution in [1.82, 2.24) is 19.7 Å². The molecule has 27 heavy (non-hydrogen) atoms. The highest BCUT2D eigenvalue weighted by Gasteiger charge is 2.20. The molecule has 1 aliphatic heterocycles. The summed E-state index contributed by atoms with van der Waals surface area (Å²) in [5.41, 5.74) is 7.55. The molecule has 0 amide bonds. The van der Waals surface area contributed by atoms with Gasteiger partial charge in [-0.05, 0) is 73.2 Å². The van der Waals surface area contributed by atoms with Crippen LogP contribution in [0.3, 0.4) is 0 Å². The smallest absolute Gasteiger partial charge is 0.137 e. The molecule has 0 saturated carbocycles. The molecule has 4 aromatic rings. The molecule has 0 radical (unpaired) electrons. The van der Waals surface area contributed by atoms with Gasteiger partial charge in [-0.3, -0.25) is 0 Å². The number of aromatic nitrogens is 3. The van der Waals surface area contributed by atoms with Crippen LogP contribution in [0.5, 0.6) is 0 Å². The number of imidazole rings is 1. The third-order valence-corrected chi connectivity index (χ3v) is 5.94. The SMILES string of the molecule is CC(C)c1c(-c2ccn3ccnc3c2)[nH]c2ccc(C3CCNCC3)cc12. The Balaban J connectivity index is 1.66. The van der Waals surface area contributed by atoms with Gasteiger partial charge in [-0.25, -0.2) is 4.98 Å². The minimum Gasteiger partial charge on any atom is -0.354 e. The van der Waals surface area contributed by atoms with E-state index < -0.39 is 0 Å². The molecule has 4 nitrogen and oxygen atoms in total. The molecule has 1 saturated heterocycles. The van der Waals surface area contributed by atoms with Crippen LogP contribution in [-0.4, -0.2) is 27.5 Å². The van der Waals surface area contributed by atoms with E-state index in [1.165, 1.54) is 46.1 Å². The highest BCUT2D eigenvalue weighted by molar-refractivity contribution is 5.92. The first-order valence-electron chi connectivity index (χ1n) is 10.00. The van der Waals surface area contributed by atoms with Gasteiger partial charge >= 0.3 is 0 Å². The van der Waals surface area contributed by atoms with E-state index in [0.29, 0.717) is 11.8 Å². The van der Waals surface area contributed by atoms with E-state index in [2.05, 4.69) is 70.1 Å². The number of nitrogens with one attached hydrogen (secondary N) is 2. The van der Waals surface area contributed by atoms with E-state index in [-0.39, 0.29) is 0 Å². The first kappa shape index (κ1) is 16.6. The van der Waals surface area contributed by atoms with E-state index in [4.69, 9.17) is 0 Å². The van der Waals surface area contributed by atoms with Crippen LogP contribution >= 0.6 is 0 Å².